The molecular formula is C14H18N2O3. The number of ether oxygens (including phenoxy) is 2. The topological polar surface area (TPSA) is 64.8 Å². The lowest BCUT2D eigenvalue weighted by atomic mass is 10.2. The SMILES string of the molecule is CN(C(=O)C1(N)CC1)c1ccc2c(c1)OCCCO2. The number of likely N-dealkylation sites (N-methyl/N-ethyl adjacent to an activating group) is 1. The molecule has 5 heteroatoms. The molecule has 0 unspecified atom stereocenters. The van der Waals surface area contributed by atoms with Crippen LogP contribution in [0.5, 0.6) is 11.5 Å². The van der Waals surface area contributed by atoms with Gasteiger partial charge in [0.25, 0.3) is 0 Å². The van der Waals surface area contributed by atoms with Crippen LogP contribution in [0.1, 0.15) is 19.3 Å². The molecule has 1 amide bonds. The summed E-state index contributed by atoms with van der Waals surface area (Å²) in [5.41, 5.74) is 6.07. The van der Waals surface area contributed by atoms with Crippen molar-refractivity contribution in [2.24, 2.45) is 5.73 Å². The highest BCUT2D eigenvalue weighted by Gasteiger charge is 2.47. The maximum absolute atomic E-state index is 12.2. The molecule has 1 aromatic rings. The van der Waals surface area contributed by atoms with Crippen LogP contribution in [-0.2, 0) is 4.79 Å². The number of hydrogen-bond donors (Lipinski definition) is 1. The molecule has 0 spiro atoms. The first-order valence-electron chi connectivity index (χ1n) is 6.57. The number of hydrogen-bond acceptors (Lipinski definition) is 4. The Labute approximate surface area is 112 Å². The second-order valence-electron chi connectivity index (χ2n) is 5.20. The van der Waals surface area contributed by atoms with Gasteiger partial charge in [-0.2, -0.15) is 0 Å². The van der Waals surface area contributed by atoms with Gasteiger partial charge in [-0.05, 0) is 25.0 Å². The first kappa shape index (κ1) is 12.3. The number of carbonyl (C=O) groups is 1. The zero-order valence-corrected chi connectivity index (χ0v) is 11.0. The van der Waals surface area contributed by atoms with Crippen LogP contribution in [0.3, 0.4) is 0 Å². The van der Waals surface area contributed by atoms with E-state index in [-0.39, 0.29) is 5.91 Å². The van der Waals surface area contributed by atoms with Crippen LogP contribution in [0.25, 0.3) is 0 Å². The molecule has 0 aromatic heterocycles. The molecule has 3 rings (SSSR count). The molecule has 5 nitrogen and oxygen atoms in total. The molecule has 1 saturated carbocycles. The lowest BCUT2D eigenvalue weighted by molar-refractivity contribution is -0.120. The molecule has 1 fully saturated rings. The molecule has 2 aliphatic rings. The standard InChI is InChI=1S/C14H18N2O3/c1-16(13(17)14(15)5-6-14)10-3-4-11-12(9-10)19-8-2-7-18-11/h3-4,9H,2,5-8,15H2,1H3. The van der Waals surface area contributed by atoms with Gasteiger partial charge >= 0.3 is 0 Å². The zero-order chi connectivity index (χ0) is 13.5. The van der Waals surface area contributed by atoms with Crippen molar-refractivity contribution in [3.63, 3.8) is 0 Å². The van der Waals surface area contributed by atoms with E-state index < -0.39 is 5.54 Å². The molecule has 102 valence electrons. The molecule has 1 heterocycles. The van der Waals surface area contributed by atoms with E-state index in [4.69, 9.17) is 15.2 Å². The maximum Gasteiger partial charge on any atom is 0.246 e. The fraction of sp³-hybridized carbons (Fsp3) is 0.500. The Bertz CT molecular complexity index is 511. The molecular weight excluding hydrogens is 244 g/mol. The van der Waals surface area contributed by atoms with Crippen LogP contribution in [0.4, 0.5) is 5.69 Å². The lowest BCUT2D eigenvalue weighted by Gasteiger charge is -2.22. The summed E-state index contributed by atoms with van der Waals surface area (Å²) in [6.07, 6.45) is 2.39. The average Bonchev–Trinajstić information content (AvgIpc) is 3.20. The van der Waals surface area contributed by atoms with Gasteiger partial charge in [0.2, 0.25) is 5.91 Å². The van der Waals surface area contributed by atoms with Crippen LogP contribution < -0.4 is 20.1 Å². The van der Waals surface area contributed by atoms with Crippen molar-refractivity contribution < 1.29 is 14.3 Å². The third kappa shape index (κ3) is 2.26. The quantitative estimate of drug-likeness (QED) is 0.872. The zero-order valence-electron chi connectivity index (χ0n) is 11.0. The highest BCUT2D eigenvalue weighted by atomic mass is 16.5. The number of carbonyl (C=O) groups excluding carboxylic acids is 1. The number of benzene rings is 1. The van der Waals surface area contributed by atoms with Gasteiger partial charge in [0.1, 0.15) is 0 Å². The van der Waals surface area contributed by atoms with Gasteiger partial charge in [-0.3, -0.25) is 4.79 Å². The molecule has 0 saturated heterocycles. The summed E-state index contributed by atoms with van der Waals surface area (Å²) in [6, 6.07) is 5.54. The number of nitrogens with two attached hydrogens (primary N) is 1. The van der Waals surface area contributed by atoms with Gasteiger partial charge in [0, 0.05) is 25.2 Å². The third-order valence-electron chi connectivity index (χ3n) is 3.64. The van der Waals surface area contributed by atoms with Crippen molar-refractivity contribution in [1.29, 1.82) is 0 Å². The van der Waals surface area contributed by atoms with Gasteiger partial charge in [0.05, 0.1) is 18.8 Å². The van der Waals surface area contributed by atoms with Crippen molar-refractivity contribution >= 4 is 11.6 Å². The van der Waals surface area contributed by atoms with Crippen LogP contribution in [0.2, 0.25) is 0 Å². The second-order valence-corrected chi connectivity index (χ2v) is 5.20. The predicted octanol–water partition coefficient (Wildman–Crippen LogP) is 1.30. The summed E-state index contributed by atoms with van der Waals surface area (Å²) in [6.45, 7) is 1.29. The Morgan fingerprint density at radius 3 is 2.63 bits per heavy atom. The van der Waals surface area contributed by atoms with E-state index in [1.807, 2.05) is 18.2 Å². The normalized spacial score (nSPS) is 19.5. The Morgan fingerprint density at radius 2 is 1.95 bits per heavy atom. The van der Waals surface area contributed by atoms with E-state index in [0.717, 1.165) is 30.7 Å². The number of anilines is 1. The summed E-state index contributed by atoms with van der Waals surface area (Å²) in [4.78, 5) is 13.8. The van der Waals surface area contributed by atoms with E-state index in [2.05, 4.69) is 0 Å². The van der Waals surface area contributed by atoms with Crippen molar-refractivity contribution in [1.82, 2.24) is 0 Å². The summed E-state index contributed by atoms with van der Waals surface area (Å²) < 4.78 is 11.2. The van der Waals surface area contributed by atoms with E-state index in [1.165, 1.54) is 0 Å². The summed E-state index contributed by atoms with van der Waals surface area (Å²) in [5.74, 6) is 1.38. The number of rotatable bonds is 2. The van der Waals surface area contributed by atoms with Crippen molar-refractivity contribution in [3.05, 3.63) is 18.2 Å². The molecule has 2 N–H and O–H groups in total. The third-order valence-corrected chi connectivity index (χ3v) is 3.64. The number of fused-ring (bicyclic) bond motifs is 1. The largest absolute Gasteiger partial charge is 0.490 e. The second kappa shape index (κ2) is 4.42. The van der Waals surface area contributed by atoms with Gasteiger partial charge in [-0.1, -0.05) is 0 Å². The number of nitrogens with zero attached hydrogens (tertiary/aromatic N) is 1. The molecule has 1 aromatic carbocycles. The fourth-order valence-corrected chi connectivity index (χ4v) is 2.16. The van der Waals surface area contributed by atoms with E-state index in [1.54, 1.807) is 11.9 Å². The van der Waals surface area contributed by atoms with E-state index in [0.29, 0.717) is 19.0 Å². The van der Waals surface area contributed by atoms with E-state index in [9.17, 15) is 4.79 Å². The highest BCUT2D eigenvalue weighted by Crippen LogP contribution is 2.37. The predicted molar refractivity (Wildman–Crippen MR) is 71.6 cm³/mol. The molecule has 0 atom stereocenters. The molecule has 1 aliphatic carbocycles. The Balaban J connectivity index is 1.85. The van der Waals surface area contributed by atoms with Gasteiger partial charge in [-0.15, -0.1) is 0 Å². The van der Waals surface area contributed by atoms with Crippen LogP contribution >= 0.6 is 0 Å². The lowest BCUT2D eigenvalue weighted by Crippen LogP contribution is -2.43. The molecule has 0 radical (unpaired) electrons. The maximum atomic E-state index is 12.2. The highest BCUT2D eigenvalue weighted by molar-refractivity contribution is 6.01. The Hall–Kier alpha value is -1.75. The molecule has 19 heavy (non-hydrogen) atoms. The first-order valence-corrected chi connectivity index (χ1v) is 6.57. The van der Waals surface area contributed by atoms with Gasteiger partial charge in [0.15, 0.2) is 11.5 Å². The average molecular weight is 262 g/mol. The van der Waals surface area contributed by atoms with Crippen molar-refractivity contribution in [2.75, 3.05) is 25.2 Å². The summed E-state index contributed by atoms with van der Waals surface area (Å²) in [7, 11) is 1.74. The van der Waals surface area contributed by atoms with Gasteiger partial charge in [-0.25, -0.2) is 0 Å². The Morgan fingerprint density at radius 1 is 1.26 bits per heavy atom. The number of amides is 1. The Kier molecular flexibility index (Phi) is 2.86. The monoisotopic (exact) mass is 262 g/mol. The minimum absolute atomic E-state index is 0.0398. The summed E-state index contributed by atoms with van der Waals surface area (Å²) in [5, 5.41) is 0. The van der Waals surface area contributed by atoms with Crippen LogP contribution in [0.15, 0.2) is 18.2 Å². The minimum atomic E-state index is -0.654. The van der Waals surface area contributed by atoms with Crippen molar-refractivity contribution in [2.45, 2.75) is 24.8 Å². The van der Waals surface area contributed by atoms with Crippen LogP contribution in [-0.4, -0.2) is 31.7 Å². The van der Waals surface area contributed by atoms with E-state index >= 15 is 0 Å². The van der Waals surface area contributed by atoms with Gasteiger partial charge < -0.3 is 20.1 Å². The first-order chi connectivity index (χ1) is 9.10. The minimum Gasteiger partial charge on any atom is -0.490 e. The fourth-order valence-electron chi connectivity index (χ4n) is 2.16. The molecule has 0 bridgehead atoms. The van der Waals surface area contributed by atoms with Crippen molar-refractivity contribution in [3.8, 4) is 11.5 Å². The summed E-state index contributed by atoms with van der Waals surface area (Å²) >= 11 is 0. The smallest absolute Gasteiger partial charge is 0.246 e. The molecule has 1 aliphatic heterocycles. The van der Waals surface area contributed by atoms with Crippen LogP contribution in [0, 0.1) is 0 Å².